The second kappa shape index (κ2) is 10.2. The third-order valence-electron chi connectivity index (χ3n) is 4.35. The van der Waals surface area contributed by atoms with E-state index in [1.807, 2.05) is 30.3 Å². The van der Waals surface area contributed by atoms with E-state index in [9.17, 15) is 9.59 Å². The molecule has 0 unspecified atom stereocenters. The first-order chi connectivity index (χ1) is 14.2. The van der Waals surface area contributed by atoms with Gasteiger partial charge in [0.05, 0.1) is 6.61 Å². The molecule has 0 heterocycles. The molecule has 0 saturated heterocycles. The zero-order valence-corrected chi connectivity index (χ0v) is 16.0. The fourth-order valence-electron chi connectivity index (χ4n) is 2.74. The molecule has 0 aliphatic rings. The van der Waals surface area contributed by atoms with Crippen molar-refractivity contribution < 1.29 is 19.4 Å². The van der Waals surface area contributed by atoms with E-state index < -0.39 is 0 Å². The summed E-state index contributed by atoms with van der Waals surface area (Å²) in [4.78, 5) is 24.8. The Hall–Kier alpha value is -3.50. The summed E-state index contributed by atoms with van der Waals surface area (Å²) in [6, 6.07) is 23.2. The molecule has 3 aromatic rings. The molecule has 0 spiro atoms. The van der Waals surface area contributed by atoms with E-state index >= 15 is 0 Å². The number of carbonyl (C=O) groups is 2. The van der Waals surface area contributed by atoms with Crippen LogP contribution in [-0.2, 0) is 0 Å². The minimum Gasteiger partial charge on any atom is -0.494 e. The molecule has 1 N–H and O–H groups in total. The number of hydrogen-bond donors (Lipinski definition) is 1. The third kappa shape index (κ3) is 5.74. The van der Waals surface area contributed by atoms with Crippen LogP contribution in [0.2, 0.25) is 0 Å². The Bertz CT molecular complexity index is 972. The highest BCUT2D eigenvalue weighted by Crippen LogP contribution is 2.17. The molecule has 3 rings (SSSR count). The number of benzene rings is 3. The average Bonchev–Trinajstić information content (AvgIpc) is 2.78. The second-order valence-corrected chi connectivity index (χ2v) is 6.46. The molecule has 4 heteroatoms. The van der Waals surface area contributed by atoms with Crippen molar-refractivity contribution >= 4 is 17.6 Å². The standard InChI is InChI=1S/C25H22O4/c26-17-4-18-29-23-14-12-22(13-15-23)25(28)21-10-7-19(8-11-21)9-16-24(27)20-5-2-1-3-6-20/h1-3,5-16,26H,4,17-18H2. The first-order valence-electron chi connectivity index (χ1n) is 9.43. The lowest BCUT2D eigenvalue weighted by Gasteiger charge is -2.06. The molecule has 0 aromatic heterocycles. The summed E-state index contributed by atoms with van der Waals surface area (Å²) in [7, 11) is 0. The van der Waals surface area contributed by atoms with E-state index in [1.165, 1.54) is 6.08 Å². The van der Waals surface area contributed by atoms with Gasteiger partial charge in [0, 0.05) is 29.7 Å². The Morgan fingerprint density at radius 1 is 0.793 bits per heavy atom. The number of ether oxygens (including phenoxy) is 1. The summed E-state index contributed by atoms with van der Waals surface area (Å²) in [5.41, 5.74) is 2.63. The fourth-order valence-corrected chi connectivity index (χ4v) is 2.74. The second-order valence-electron chi connectivity index (χ2n) is 6.46. The van der Waals surface area contributed by atoms with E-state index in [2.05, 4.69) is 0 Å². The molecular weight excluding hydrogens is 364 g/mol. The number of aliphatic hydroxyl groups excluding tert-OH is 1. The highest BCUT2D eigenvalue weighted by molar-refractivity contribution is 6.09. The van der Waals surface area contributed by atoms with E-state index in [4.69, 9.17) is 9.84 Å². The molecule has 0 aliphatic carbocycles. The van der Waals surface area contributed by atoms with Gasteiger partial charge in [-0.3, -0.25) is 9.59 Å². The molecular formula is C25H22O4. The van der Waals surface area contributed by atoms with Crippen molar-refractivity contribution in [2.75, 3.05) is 13.2 Å². The number of allylic oxidation sites excluding steroid dienone is 1. The molecule has 0 fully saturated rings. The van der Waals surface area contributed by atoms with E-state index in [-0.39, 0.29) is 18.2 Å². The Labute approximate surface area is 170 Å². The lowest BCUT2D eigenvalue weighted by Crippen LogP contribution is -2.02. The van der Waals surface area contributed by atoms with Crippen LogP contribution in [-0.4, -0.2) is 29.9 Å². The first kappa shape index (κ1) is 20.2. The fraction of sp³-hybridized carbons (Fsp3) is 0.120. The minimum atomic E-state index is -0.0807. The normalized spacial score (nSPS) is 10.8. The number of aliphatic hydroxyl groups is 1. The van der Waals surface area contributed by atoms with Gasteiger partial charge in [0.1, 0.15) is 5.75 Å². The number of ketones is 2. The SMILES string of the molecule is O=C(C=Cc1ccc(C(=O)c2ccc(OCCCO)cc2)cc1)c1ccccc1. The van der Waals surface area contributed by atoms with Crippen molar-refractivity contribution in [1.29, 1.82) is 0 Å². The van der Waals surface area contributed by atoms with Crippen molar-refractivity contribution in [2.45, 2.75) is 6.42 Å². The smallest absolute Gasteiger partial charge is 0.193 e. The molecule has 3 aromatic carbocycles. The predicted octanol–water partition coefficient (Wildman–Crippen LogP) is 4.57. The maximum Gasteiger partial charge on any atom is 0.193 e. The molecule has 4 nitrogen and oxygen atoms in total. The van der Waals surface area contributed by atoms with Crippen LogP contribution in [0.5, 0.6) is 5.75 Å². The van der Waals surface area contributed by atoms with Crippen molar-refractivity contribution in [3.8, 4) is 5.75 Å². The Balaban J connectivity index is 1.62. The van der Waals surface area contributed by atoms with Gasteiger partial charge in [0.2, 0.25) is 0 Å². The maximum absolute atomic E-state index is 12.6. The van der Waals surface area contributed by atoms with Crippen molar-refractivity contribution in [1.82, 2.24) is 0 Å². The first-order valence-corrected chi connectivity index (χ1v) is 9.43. The van der Waals surface area contributed by atoms with Gasteiger partial charge in [-0.05, 0) is 35.9 Å². The summed E-state index contributed by atoms with van der Waals surface area (Å²) >= 11 is 0. The quantitative estimate of drug-likeness (QED) is 0.332. The van der Waals surface area contributed by atoms with Crippen LogP contribution in [0.3, 0.4) is 0 Å². The van der Waals surface area contributed by atoms with Crippen LogP contribution >= 0.6 is 0 Å². The molecule has 0 atom stereocenters. The van der Waals surface area contributed by atoms with Gasteiger partial charge in [-0.2, -0.15) is 0 Å². The Kier molecular flexibility index (Phi) is 7.09. The van der Waals surface area contributed by atoms with Crippen molar-refractivity contribution in [3.05, 3.63) is 107 Å². The van der Waals surface area contributed by atoms with Gasteiger partial charge < -0.3 is 9.84 Å². The van der Waals surface area contributed by atoms with Crippen molar-refractivity contribution in [3.63, 3.8) is 0 Å². The maximum atomic E-state index is 12.6. The zero-order valence-electron chi connectivity index (χ0n) is 16.0. The lowest BCUT2D eigenvalue weighted by molar-refractivity contribution is 0.103. The highest BCUT2D eigenvalue weighted by Gasteiger charge is 2.09. The van der Waals surface area contributed by atoms with Crippen molar-refractivity contribution in [2.24, 2.45) is 0 Å². The molecule has 0 bridgehead atoms. The summed E-state index contributed by atoms with van der Waals surface area (Å²) < 4.78 is 5.47. The summed E-state index contributed by atoms with van der Waals surface area (Å²) in [5, 5.41) is 8.77. The Morgan fingerprint density at radius 2 is 1.41 bits per heavy atom. The number of hydrogen-bond acceptors (Lipinski definition) is 4. The summed E-state index contributed by atoms with van der Waals surface area (Å²) in [6.45, 7) is 0.522. The van der Waals surface area contributed by atoms with Gasteiger partial charge in [0.25, 0.3) is 0 Å². The number of carbonyl (C=O) groups excluding carboxylic acids is 2. The van der Waals surface area contributed by atoms with Crippen LogP contribution in [0.25, 0.3) is 6.08 Å². The zero-order chi connectivity index (χ0) is 20.5. The lowest BCUT2D eigenvalue weighted by atomic mass is 10.0. The van der Waals surface area contributed by atoms with Crippen LogP contribution < -0.4 is 4.74 Å². The van der Waals surface area contributed by atoms with E-state index in [1.54, 1.807) is 54.6 Å². The van der Waals surface area contributed by atoms with Gasteiger partial charge in [-0.1, -0.05) is 60.7 Å². The monoisotopic (exact) mass is 386 g/mol. The predicted molar refractivity (Wildman–Crippen MR) is 113 cm³/mol. The van der Waals surface area contributed by atoms with Crippen LogP contribution in [0.1, 0.15) is 38.3 Å². The molecule has 0 saturated carbocycles. The Morgan fingerprint density at radius 3 is 2.03 bits per heavy atom. The summed E-state index contributed by atoms with van der Waals surface area (Å²) in [5.74, 6) is 0.522. The molecule has 0 amide bonds. The van der Waals surface area contributed by atoms with Gasteiger partial charge >= 0.3 is 0 Å². The van der Waals surface area contributed by atoms with Crippen LogP contribution in [0.15, 0.2) is 84.9 Å². The van der Waals surface area contributed by atoms with Gasteiger partial charge in [-0.25, -0.2) is 0 Å². The number of rotatable bonds is 9. The largest absolute Gasteiger partial charge is 0.494 e. The van der Waals surface area contributed by atoms with E-state index in [0.29, 0.717) is 35.5 Å². The highest BCUT2D eigenvalue weighted by atomic mass is 16.5. The minimum absolute atomic E-state index is 0.0629. The molecule has 0 radical (unpaired) electrons. The van der Waals surface area contributed by atoms with Gasteiger partial charge in [0.15, 0.2) is 11.6 Å². The molecule has 0 aliphatic heterocycles. The molecule has 146 valence electrons. The third-order valence-corrected chi connectivity index (χ3v) is 4.35. The average molecular weight is 386 g/mol. The van der Waals surface area contributed by atoms with Crippen LogP contribution in [0.4, 0.5) is 0 Å². The van der Waals surface area contributed by atoms with Gasteiger partial charge in [-0.15, -0.1) is 0 Å². The topological polar surface area (TPSA) is 63.6 Å². The van der Waals surface area contributed by atoms with E-state index in [0.717, 1.165) is 5.56 Å². The molecule has 29 heavy (non-hydrogen) atoms. The van der Waals surface area contributed by atoms with Crippen LogP contribution in [0, 0.1) is 0 Å². The summed E-state index contributed by atoms with van der Waals surface area (Å²) in [6.07, 6.45) is 3.84.